The Morgan fingerprint density at radius 1 is 1.69 bits per heavy atom. The van der Waals surface area contributed by atoms with E-state index in [0.717, 1.165) is 4.47 Å². The van der Waals surface area contributed by atoms with Crippen molar-refractivity contribution in [3.05, 3.63) is 28.2 Å². The van der Waals surface area contributed by atoms with Crippen LogP contribution < -0.4 is 11.1 Å². The van der Waals surface area contributed by atoms with Gasteiger partial charge in [0.15, 0.2) is 0 Å². The van der Waals surface area contributed by atoms with E-state index in [1.165, 1.54) is 0 Å². The summed E-state index contributed by atoms with van der Waals surface area (Å²) in [5.41, 5.74) is 6.35. The molecule has 1 aromatic carbocycles. The molecule has 0 bridgehead atoms. The molecule has 0 aromatic heterocycles. The van der Waals surface area contributed by atoms with E-state index in [1.807, 2.05) is 6.07 Å². The summed E-state index contributed by atoms with van der Waals surface area (Å²) in [6.07, 6.45) is 0. The van der Waals surface area contributed by atoms with Crippen LogP contribution in [-0.4, -0.2) is 23.7 Å². The number of carbonyl (C=O) groups is 1. The maximum absolute atomic E-state index is 10.5. The van der Waals surface area contributed by atoms with Crippen LogP contribution in [0.2, 0.25) is 0 Å². The van der Waals surface area contributed by atoms with Gasteiger partial charge in [0.05, 0.1) is 11.3 Å². The van der Waals surface area contributed by atoms with E-state index < -0.39 is 12.0 Å². The SMILES string of the molecule is N#Cc1ccc(Br)cc1NCC(N)C(=O)O. The van der Waals surface area contributed by atoms with Crippen molar-refractivity contribution < 1.29 is 9.90 Å². The molecule has 0 spiro atoms. The molecule has 1 rings (SSSR count). The van der Waals surface area contributed by atoms with Gasteiger partial charge >= 0.3 is 5.97 Å². The van der Waals surface area contributed by atoms with Gasteiger partial charge in [-0.25, -0.2) is 0 Å². The van der Waals surface area contributed by atoms with Crippen LogP contribution in [0.1, 0.15) is 5.56 Å². The van der Waals surface area contributed by atoms with Crippen molar-refractivity contribution in [1.82, 2.24) is 0 Å². The topological polar surface area (TPSA) is 99.1 Å². The van der Waals surface area contributed by atoms with Gasteiger partial charge in [-0.1, -0.05) is 15.9 Å². The van der Waals surface area contributed by atoms with E-state index in [-0.39, 0.29) is 6.54 Å². The number of benzene rings is 1. The Morgan fingerprint density at radius 2 is 2.38 bits per heavy atom. The summed E-state index contributed by atoms with van der Waals surface area (Å²) in [7, 11) is 0. The van der Waals surface area contributed by atoms with Crippen molar-refractivity contribution in [2.45, 2.75) is 6.04 Å². The van der Waals surface area contributed by atoms with Crippen LogP contribution in [0.3, 0.4) is 0 Å². The lowest BCUT2D eigenvalue weighted by Gasteiger charge is -2.11. The first kappa shape index (κ1) is 12.5. The molecule has 4 N–H and O–H groups in total. The lowest BCUT2D eigenvalue weighted by atomic mass is 10.2. The van der Waals surface area contributed by atoms with Gasteiger partial charge in [0.1, 0.15) is 12.1 Å². The molecule has 0 radical (unpaired) electrons. The number of nitrogens with zero attached hydrogens (tertiary/aromatic N) is 1. The molecule has 1 atom stereocenters. The number of carboxylic acids is 1. The molecule has 0 amide bonds. The molecule has 84 valence electrons. The van der Waals surface area contributed by atoms with Gasteiger partial charge < -0.3 is 16.2 Å². The van der Waals surface area contributed by atoms with E-state index in [4.69, 9.17) is 16.1 Å². The maximum Gasteiger partial charge on any atom is 0.322 e. The van der Waals surface area contributed by atoms with E-state index in [1.54, 1.807) is 18.2 Å². The number of aliphatic carboxylic acids is 1. The minimum atomic E-state index is -1.08. The molecule has 1 aromatic rings. The number of nitriles is 1. The number of hydrogen-bond acceptors (Lipinski definition) is 4. The summed E-state index contributed by atoms with van der Waals surface area (Å²) in [6.45, 7) is 0.0699. The third kappa shape index (κ3) is 3.22. The zero-order valence-corrected chi connectivity index (χ0v) is 9.86. The van der Waals surface area contributed by atoms with Gasteiger partial charge in [0.25, 0.3) is 0 Å². The van der Waals surface area contributed by atoms with Crippen LogP contribution in [0.4, 0.5) is 5.69 Å². The molecule has 16 heavy (non-hydrogen) atoms. The molecule has 6 heteroatoms. The summed E-state index contributed by atoms with van der Waals surface area (Å²) in [5.74, 6) is -1.08. The van der Waals surface area contributed by atoms with Crippen LogP contribution in [-0.2, 0) is 4.79 Å². The van der Waals surface area contributed by atoms with Crippen molar-refractivity contribution in [3.63, 3.8) is 0 Å². The summed E-state index contributed by atoms with van der Waals surface area (Å²) in [6, 6.07) is 6.09. The van der Waals surface area contributed by atoms with Crippen LogP contribution in [0.25, 0.3) is 0 Å². The van der Waals surface area contributed by atoms with E-state index in [2.05, 4.69) is 21.2 Å². The average molecular weight is 284 g/mol. The van der Waals surface area contributed by atoms with Crippen molar-refractivity contribution in [3.8, 4) is 6.07 Å². The minimum Gasteiger partial charge on any atom is -0.480 e. The molecule has 0 saturated carbocycles. The van der Waals surface area contributed by atoms with Crippen LogP contribution in [0.5, 0.6) is 0 Å². The average Bonchev–Trinajstić information content (AvgIpc) is 2.25. The molecule has 5 nitrogen and oxygen atoms in total. The second kappa shape index (κ2) is 5.49. The second-order valence-electron chi connectivity index (χ2n) is 3.13. The molecular formula is C10H10BrN3O2. The molecule has 0 aliphatic rings. The predicted molar refractivity (Wildman–Crippen MR) is 63.0 cm³/mol. The second-order valence-corrected chi connectivity index (χ2v) is 4.04. The van der Waals surface area contributed by atoms with Gasteiger partial charge in [-0.2, -0.15) is 5.26 Å². The molecule has 0 fully saturated rings. The Morgan fingerprint density at radius 3 is 2.94 bits per heavy atom. The largest absolute Gasteiger partial charge is 0.480 e. The van der Waals surface area contributed by atoms with Crippen molar-refractivity contribution >= 4 is 27.6 Å². The van der Waals surface area contributed by atoms with Crippen LogP contribution >= 0.6 is 15.9 Å². The summed E-state index contributed by atoms with van der Waals surface area (Å²) >= 11 is 3.26. The number of hydrogen-bond donors (Lipinski definition) is 3. The number of rotatable bonds is 4. The van der Waals surface area contributed by atoms with Crippen molar-refractivity contribution in [1.29, 1.82) is 5.26 Å². The maximum atomic E-state index is 10.5. The fourth-order valence-corrected chi connectivity index (χ4v) is 1.43. The zero-order chi connectivity index (χ0) is 12.1. The van der Waals surface area contributed by atoms with Crippen molar-refractivity contribution in [2.75, 3.05) is 11.9 Å². The Kier molecular flexibility index (Phi) is 4.28. The molecular weight excluding hydrogens is 274 g/mol. The fraction of sp³-hybridized carbons (Fsp3) is 0.200. The highest BCUT2D eigenvalue weighted by molar-refractivity contribution is 9.10. The zero-order valence-electron chi connectivity index (χ0n) is 8.27. The first-order valence-electron chi connectivity index (χ1n) is 4.46. The Labute approximate surface area is 101 Å². The molecule has 0 aliphatic heterocycles. The van der Waals surface area contributed by atoms with E-state index >= 15 is 0 Å². The summed E-state index contributed by atoms with van der Waals surface area (Å²) in [5, 5.41) is 20.3. The smallest absolute Gasteiger partial charge is 0.322 e. The number of anilines is 1. The monoisotopic (exact) mass is 283 g/mol. The number of nitrogens with one attached hydrogen (secondary N) is 1. The number of carboxylic acid groups (broad SMARTS) is 1. The Bertz CT molecular complexity index is 442. The third-order valence-electron chi connectivity index (χ3n) is 1.93. The number of halogens is 1. The van der Waals surface area contributed by atoms with E-state index in [9.17, 15) is 4.79 Å². The van der Waals surface area contributed by atoms with Crippen molar-refractivity contribution in [2.24, 2.45) is 5.73 Å². The lowest BCUT2D eigenvalue weighted by Crippen LogP contribution is -2.37. The minimum absolute atomic E-state index is 0.0699. The van der Waals surface area contributed by atoms with Gasteiger partial charge in [0.2, 0.25) is 0 Å². The summed E-state index contributed by atoms with van der Waals surface area (Å²) < 4.78 is 0.804. The quantitative estimate of drug-likeness (QED) is 0.770. The molecule has 0 heterocycles. The van der Waals surface area contributed by atoms with Gasteiger partial charge in [-0.15, -0.1) is 0 Å². The van der Waals surface area contributed by atoms with Gasteiger partial charge in [-0.05, 0) is 18.2 Å². The fourth-order valence-electron chi connectivity index (χ4n) is 1.07. The Balaban J connectivity index is 2.77. The van der Waals surface area contributed by atoms with Gasteiger partial charge in [-0.3, -0.25) is 4.79 Å². The predicted octanol–water partition coefficient (Wildman–Crippen LogP) is 1.14. The molecule has 0 saturated heterocycles. The van der Waals surface area contributed by atoms with Gasteiger partial charge in [0, 0.05) is 11.0 Å². The summed E-state index contributed by atoms with van der Waals surface area (Å²) in [4.78, 5) is 10.5. The highest BCUT2D eigenvalue weighted by Crippen LogP contribution is 2.20. The lowest BCUT2D eigenvalue weighted by molar-refractivity contribution is -0.138. The number of nitrogens with two attached hydrogens (primary N) is 1. The molecule has 0 aliphatic carbocycles. The first-order chi connectivity index (χ1) is 7.54. The standard InChI is InChI=1S/C10H10BrN3O2/c11-7-2-1-6(4-12)9(3-7)14-5-8(13)10(15)16/h1-3,8,14H,5,13H2,(H,15,16). The normalized spacial score (nSPS) is 11.6. The highest BCUT2D eigenvalue weighted by Gasteiger charge is 2.11. The third-order valence-corrected chi connectivity index (χ3v) is 2.42. The van der Waals surface area contributed by atoms with E-state index in [0.29, 0.717) is 11.3 Å². The van der Waals surface area contributed by atoms with Crippen LogP contribution in [0, 0.1) is 11.3 Å². The Hall–Kier alpha value is -1.58. The van der Waals surface area contributed by atoms with Crippen LogP contribution in [0.15, 0.2) is 22.7 Å². The molecule has 1 unspecified atom stereocenters. The first-order valence-corrected chi connectivity index (χ1v) is 5.26. The highest BCUT2D eigenvalue weighted by atomic mass is 79.9.